The van der Waals surface area contributed by atoms with Crippen LogP contribution in [0.4, 0.5) is 9.59 Å². The Morgan fingerprint density at radius 2 is 0.981 bits per heavy atom. The van der Waals surface area contributed by atoms with E-state index >= 15 is 0 Å². The largest absolute Gasteiger partial charge is 0.340 e. The van der Waals surface area contributed by atoms with Gasteiger partial charge in [0, 0.05) is 41.3 Å². The topological polar surface area (TPSA) is 163 Å². The molecule has 2 aromatic heterocycles. The molecule has 0 saturated carbocycles. The van der Waals surface area contributed by atoms with E-state index in [1.54, 1.807) is 64.2 Å². The predicted octanol–water partition coefficient (Wildman–Crippen LogP) is 4.78. The van der Waals surface area contributed by atoms with Crippen LogP contribution < -0.4 is 10.6 Å². The molecule has 2 fully saturated rings. The van der Waals surface area contributed by atoms with E-state index in [2.05, 4.69) is 79.1 Å². The Hall–Kier alpha value is -5.66. The first-order valence-electron chi connectivity index (χ1n) is 17.8. The van der Waals surface area contributed by atoms with Gasteiger partial charge in [0.2, 0.25) is 11.8 Å². The van der Waals surface area contributed by atoms with Crippen molar-refractivity contribution in [3.8, 4) is 33.6 Å². The van der Waals surface area contributed by atoms with E-state index in [9.17, 15) is 19.2 Å². The lowest BCUT2D eigenvalue weighted by Crippen LogP contribution is -2.49. The number of likely N-dealkylation sites (tertiary alicyclic amines) is 2. The zero-order chi connectivity index (χ0) is 37.1. The molecule has 4 heterocycles. The van der Waals surface area contributed by atoms with Gasteiger partial charge in [-0.15, -0.1) is 0 Å². The third-order valence-corrected chi connectivity index (χ3v) is 9.85. The van der Waals surface area contributed by atoms with E-state index in [-0.39, 0.29) is 36.0 Å². The number of nitrogens with zero attached hydrogens (tertiary/aromatic N) is 6. The van der Waals surface area contributed by atoms with Gasteiger partial charge in [-0.25, -0.2) is 19.6 Å². The normalized spacial score (nSPS) is 18.2. The smallest absolute Gasteiger partial charge is 0.317 e. The Labute approximate surface area is 304 Å². The number of urea groups is 2. The lowest BCUT2D eigenvalue weighted by Gasteiger charge is -2.27. The molecule has 14 nitrogen and oxygen atoms in total. The van der Waals surface area contributed by atoms with Crippen LogP contribution in [0.3, 0.4) is 0 Å². The van der Waals surface area contributed by atoms with Crippen molar-refractivity contribution >= 4 is 23.9 Å². The number of H-pyrrole nitrogens is 2. The molecule has 274 valence electrons. The molecule has 4 aromatic rings. The number of aromatic amines is 2. The highest BCUT2D eigenvalue weighted by Crippen LogP contribution is 2.34. The van der Waals surface area contributed by atoms with Crippen molar-refractivity contribution in [3.63, 3.8) is 0 Å². The minimum Gasteiger partial charge on any atom is -0.340 e. The van der Waals surface area contributed by atoms with Crippen molar-refractivity contribution in [1.82, 2.24) is 50.2 Å². The fourth-order valence-electron chi connectivity index (χ4n) is 6.87. The SMILES string of the molecule is C[C@H](NC(=O)N(C)C)C(=O)N1CCC[C@H]1c1ncc(-c2ccc(-c3ccc(-c4cnc([C@@H]5CCCN5C(=O)[C@H](C)NC(=O)N(C)C)[nH]4)cc3)cc2)[nH]1. The first-order valence-corrected chi connectivity index (χ1v) is 17.8. The van der Waals surface area contributed by atoms with Gasteiger partial charge in [-0.1, -0.05) is 48.5 Å². The highest BCUT2D eigenvalue weighted by atomic mass is 16.2. The van der Waals surface area contributed by atoms with Crippen LogP contribution in [0.15, 0.2) is 60.9 Å². The van der Waals surface area contributed by atoms with Crippen LogP contribution in [0, 0.1) is 0 Å². The van der Waals surface area contributed by atoms with Crippen molar-refractivity contribution in [3.05, 3.63) is 72.6 Å². The van der Waals surface area contributed by atoms with Gasteiger partial charge in [0.05, 0.1) is 35.9 Å². The maximum atomic E-state index is 13.2. The molecule has 0 bridgehead atoms. The lowest BCUT2D eigenvalue weighted by molar-refractivity contribution is -0.134. The fourth-order valence-corrected chi connectivity index (χ4v) is 6.87. The van der Waals surface area contributed by atoms with Gasteiger partial charge in [-0.3, -0.25) is 9.59 Å². The summed E-state index contributed by atoms with van der Waals surface area (Å²) in [5.74, 6) is 1.24. The maximum Gasteiger partial charge on any atom is 0.317 e. The highest BCUT2D eigenvalue weighted by molar-refractivity contribution is 5.88. The van der Waals surface area contributed by atoms with E-state index in [0.29, 0.717) is 13.1 Å². The second kappa shape index (κ2) is 15.3. The first kappa shape index (κ1) is 36.1. The van der Waals surface area contributed by atoms with Crippen LogP contribution in [0.2, 0.25) is 0 Å². The van der Waals surface area contributed by atoms with Gasteiger partial charge in [-0.05, 0) is 61.8 Å². The van der Waals surface area contributed by atoms with Crippen molar-refractivity contribution in [2.24, 2.45) is 0 Å². The molecule has 2 aliphatic heterocycles. The second-order valence-electron chi connectivity index (χ2n) is 14.0. The summed E-state index contributed by atoms with van der Waals surface area (Å²) in [5.41, 5.74) is 5.85. The summed E-state index contributed by atoms with van der Waals surface area (Å²) in [4.78, 5) is 73.2. The summed E-state index contributed by atoms with van der Waals surface area (Å²) < 4.78 is 0. The third-order valence-electron chi connectivity index (χ3n) is 9.85. The van der Waals surface area contributed by atoms with Crippen LogP contribution in [0.25, 0.3) is 33.6 Å². The number of amides is 6. The van der Waals surface area contributed by atoms with Gasteiger partial charge < -0.3 is 40.2 Å². The fraction of sp³-hybridized carbons (Fsp3) is 0.421. The van der Waals surface area contributed by atoms with E-state index in [1.165, 1.54) is 9.80 Å². The Kier molecular flexibility index (Phi) is 10.6. The molecule has 2 aliphatic rings. The number of hydrogen-bond donors (Lipinski definition) is 4. The Bertz CT molecular complexity index is 1760. The summed E-state index contributed by atoms with van der Waals surface area (Å²) in [5, 5.41) is 5.51. The number of nitrogens with one attached hydrogen (secondary N) is 4. The molecule has 2 aromatic carbocycles. The van der Waals surface area contributed by atoms with Crippen molar-refractivity contribution in [2.75, 3.05) is 41.3 Å². The average molecular weight is 709 g/mol. The van der Waals surface area contributed by atoms with Crippen LogP contribution in [-0.2, 0) is 9.59 Å². The summed E-state index contributed by atoms with van der Waals surface area (Å²) in [6, 6.07) is 14.3. The summed E-state index contributed by atoms with van der Waals surface area (Å²) in [6.07, 6.45) is 6.96. The number of carbonyl (C=O) groups is 4. The average Bonchev–Trinajstić information content (AvgIpc) is 3.97. The summed E-state index contributed by atoms with van der Waals surface area (Å²) in [7, 11) is 6.58. The first-order chi connectivity index (χ1) is 24.9. The molecule has 4 N–H and O–H groups in total. The Balaban J connectivity index is 1.08. The van der Waals surface area contributed by atoms with Crippen LogP contribution in [0.1, 0.15) is 63.3 Å². The standard InChI is InChI=1S/C38H48N10O4/c1-23(41-37(51)45(3)4)35(49)47-19-7-9-31(47)33-39-21-29(43-33)27-15-11-25(12-16-27)26-13-17-28(18-14-26)30-22-40-34(44-30)32-10-8-20-48(32)36(50)24(2)42-38(52)46(5)6/h11-18,21-24,31-32H,7-10,19-20H2,1-6H3,(H,39,43)(H,40,44)(H,41,51)(H,42,52)/t23-,24-,31-,32-/m0/s1. The molecule has 14 heteroatoms. The molecule has 0 unspecified atom stereocenters. The molecule has 6 rings (SSSR count). The molecule has 0 radical (unpaired) electrons. The third kappa shape index (κ3) is 7.65. The second-order valence-corrected chi connectivity index (χ2v) is 14.0. The number of carbonyl (C=O) groups excluding carboxylic acids is 4. The molecule has 6 amide bonds. The van der Waals surface area contributed by atoms with Crippen LogP contribution >= 0.6 is 0 Å². The molecule has 0 spiro atoms. The zero-order valence-corrected chi connectivity index (χ0v) is 30.6. The van der Waals surface area contributed by atoms with Gasteiger partial charge in [0.15, 0.2) is 0 Å². The van der Waals surface area contributed by atoms with Crippen molar-refractivity contribution in [1.29, 1.82) is 0 Å². The summed E-state index contributed by atoms with van der Waals surface area (Å²) >= 11 is 0. The number of aromatic nitrogens is 4. The van der Waals surface area contributed by atoms with E-state index in [4.69, 9.17) is 0 Å². The molecule has 52 heavy (non-hydrogen) atoms. The monoisotopic (exact) mass is 708 g/mol. The van der Waals surface area contributed by atoms with Crippen LogP contribution in [0.5, 0.6) is 0 Å². The molecule has 4 atom stereocenters. The van der Waals surface area contributed by atoms with Crippen molar-refractivity contribution < 1.29 is 19.2 Å². The maximum absolute atomic E-state index is 13.2. The quantitative estimate of drug-likeness (QED) is 0.196. The van der Waals surface area contributed by atoms with Crippen molar-refractivity contribution in [2.45, 2.75) is 63.7 Å². The number of hydrogen-bond acceptors (Lipinski definition) is 6. The van der Waals surface area contributed by atoms with E-state index in [0.717, 1.165) is 71.0 Å². The minimum atomic E-state index is -0.636. The number of imidazole rings is 2. The lowest BCUT2D eigenvalue weighted by atomic mass is 10.0. The van der Waals surface area contributed by atoms with Gasteiger partial charge in [-0.2, -0.15) is 0 Å². The number of benzene rings is 2. The number of rotatable bonds is 9. The Morgan fingerprint density at radius 3 is 1.33 bits per heavy atom. The summed E-state index contributed by atoms with van der Waals surface area (Å²) in [6.45, 7) is 4.67. The van der Waals surface area contributed by atoms with E-state index in [1.807, 2.05) is 0 Å². The molecule has 0 aliphatic carbocycles. The molecule has 2 saturated heterocycles. The van der Waals surface area contributed by atoms with Gasteiger partial charge >= 0.3 is 12.1 Å². The van der Waals surface area contributed by atoms with Gasteiger partial charge in [0.1, 0.15) is 23.7 Å². The molecular weight excluding hydrogens is 660 g/mol. The van der Waals surface area contributed by atoms with E-state index < -0.39 is 12.1 Å². The van der Waals surface area contributed by atoms with Crippen LogP contribution in [-0.4, -0.2) is 117 Å². The Morgan fingerprint density at radius 1 is 0.635 bits per heavy atom. The zero-order valence-electron chi connectivity index (χ0n) is 30.6. The predicted molar refractivity (Wildman–Crippen MR) is 198 cm³/mol. The van der Waals surface area contributed by atoms with Gasteiger partial charge in [0.25, 0.3) is 0 Å². The minimum absolute atomic E-state index is 0.121. The highest BCUT2D eigenvalue weighted by Gasteiger charge is 2.36. The molecular formula is C38H48N10O4.